The van der Waals surface area contributed by atoms with Crippen LogP contribution < -0.4 is 11.4 Å². The van der Waals surface area contributed by atoms with Crippen molar-refractivity contribution in [1.29, 1.82) is 0 Å². The van der Waals surface area contributed by atoms with Gasteiger partial charge in [0.25, 0.3) is 0 Å². The Kier molecular flexibility index (Phi) is 3.78. The van der Waals surface area contributed by atoms with E-state index in [1.54, 1.807) is 11.3 Å². The molecular formula is C6H15ClN4. The van der Waals surface area contributed by atoms with Crippen molar-refractivity contribution in [3.63, 3.8) is 0 Å². The molecule has 0 atom stereocenters. The van der Waals surface area contributed by atoms with Crippen LogP contribution in [0.1, 0.15) is 13.8 Å². The number of nitrogens with zero attached hydrogens (tertiary/aromatic N) is 2. The largest absolute Gasteiger partial charge is 0.285 e. The topological polar surface area (TPSA) is 53.6 Å². The number of nitrogens with two attached hydrogens (primary N) is 1. The third kappa shape index (κ3) is 3.05. The minimum atomic E-state index is 0. The molecule has 0 saturated carbocycles. The van der Waals surface area contributed by atoms with Gasteiger partial charge in [0.1, 0.15) is 6.34 Å². The number of nitrogens with one attached hydrogen (secondary N) is 1. The Balaban J connectivity index is 0.000001000. The Labute approximate surface area is 73.2 Å². The second-order valence-electron chi connectivity index (χ2n) is 3.38. The van der Waals surface area contributed by atoms with Crippen molar-refractivity contribution in [3.05, 3.63) is 0 Å². The SMILES string of the molecule is CC1(C)CN=CN(NN)C1.Cl. The van der Waals surface area contributed by atoms with Crippen molar-refractivity contribution in [1.82, 2.24) is 10.5 Å². The summed E-state index contributed by atoms with van der Waals surface area (Å²) in [5, 5.41) is 1.78. The predicted molar refractivity (Wildman–Crippen MR) is 48.4 cm³/mol. The molecule has 1 aliphatic heterocycles. The molecule has 1 aliphatic rings. The zero-order valence-corrected chi connectivity index (χ0v) is 7.69. The molecule has 0 unspecified atom stereocenters. The second-order valence-corrected chi connectivity index (χ2v) is 3.38. The van der Waals surface area contributed by atoms with E-state index in [1.807, 2.05) is 0 Å². The maximum Gasteiger partial charge on any atom is 0.100 e. The summed E-state index contributed by atoms with van der Waals surface area (Å²) in [6, 6.07) is 0. The number of hydrogen-bond donors (Lipinski definition) is 2. The van der Waals surface area contributed by atoms with Gasteiger partial charge < -0.3 is 0 Å². The van der Waals surface area contributed by atoms with Crippen LogP contribution in [0.3, 0.4) is 0 Å². The van der Waals surface area contributed by atoms with Crippen molar-refractivity contribution in [2.75, 3.05) is 13.1 Å². The Morgan fingerprint density at radius 1 is 1.64 bits per heavy atom. The Hall–Kier alpha value is -0.320. The highest BCUT2D eigenvalue weighted by atomic mass is 35.5. The van der Waals surface area contributed by atoms with E-state index in [2.05, 4.69) is 24.4 Å². The number of hydrogen-bond acceptors (Lipinski definition) is 4. The first-order valence-corrected chi connectivity index (χ1v) is 3.37. The number of aliphatic imine (C=N–C) groups is 1. The Bertz CT molecular complexity index is 146. The minimum Gasteiger partial charge on any atom is -0.285 e. The molecule has 0 aromatic rings. The van der Waals surface area contributed by atoms with Gasteiger partial charge in [-0.25, -0.2) is 0 Å². The van der Waals surface area contributed by atoms with Gasteiger partial charge in [0.2, 0.25) is 0 Å². The average molecular weight is 179 g/mol. The molecule has 66 valence electrons. The van der Waals surface area contributed by atoms with E-state index in [4.69, 9.17) is 5.84 Å². The quantitative estimate of drug-likeness (QED) is 0.444. The van der Waals surface area contributed by atoms with Crippen LogP contribution in [0.25, 0.3) is 0 Å². The standard InChI is InChI=1S/C6H14N4.ClH/c1-6(2)3-8-5-10(4-6)9-7;/h5,9H,3-4,7H2,1-2H3;1H. The van der Waals surface area contributed by atoms with Gasteiger partial charge in [-0.3, -0.25) is 15.8 Å². The van der Waals surface area contributed by atoms with Gasteiger partial charge in [-0.05, 0) is 0 Å². The summed E-state index contributed by atoms with van der Waals surface area (Å²) in [6.45, 7) is 6.11. The van der Waals surface area contributed by atoms with Crippen LogP contribution in [-0.4, -0.2) is 24.4 Å². The van der Waals surface area contributed by atoms with Crippen LogP contribution in [0, 0.1) is 5.41 Å². The molecule has 0 aliphatic carbocycles. The van der Waals surface area contributed by atoms with Crippen LogP contribution in [0.5, 0.6) is 0 Å². The zero-order valence-electron chi connectivity index (χ0n) is 6.87. The molecule has 0 aromatic carbocycles. The first-order chi connectivity index (χ1) is 4.64. The van der Waals surface area contributed by atoms with Gasteiger partial charge in [-0.1, -0.05) is 13.8 Å². The number of rotatable bonds is 1. The summed E-state index contributed by atoms with van der Waals surface area (Å²) < 4.78 is 0. The molecule has 4 nitrogen and oxygen atoms in total. The number of halogens is 1. The summed E-state index contributed by atoms with van der Waals surface area (Å²) >= 11 is 0. The minimum absolute atomic E-state index is 0. The van der Waals surface area contributed by atoms with Crippen LogP contribution >= 0.6 is 12.4 Å². The molecule has 11 heavy (non-hydrogen) atoms. The van der Waals surface area contributed by atoms with Crippen LogP contribution in [0.4, 0.5) is 0 Å². The summed E-state index contributed by atoms with van der Waals surface area (Å²) in [5.74, 6) is 5.21. The van der Waals surface area contributed by atoms with E-state index in [0.717, 1.165) is 13.1 Å². The fourth-order valence-electron chi connectivity index (χ4n) is 1.02. The molecule has 0 amide bonds. The zero-order chi connectivity index (χ0) is 7.61. The number of hydrazine groups is 2. The molecule has 0 spiro atoms. The third-order valence-electron chi connectivity index (χ3n) is 1.50. The van der Waals surface area contributed by atoms with Crippen LogP contribution in [0.2, 0.25) is 0 Å². The molecule has 0 bridgehead atoms. The lowest BCUT2D eigenvalue weighted by atomic mass is 9.93. The van der Waals surface area contributed by atoms with Crippen molar-refractivity contribution < 1.29 is 0 Å². The molecule has 3 N–H and O–H groups in total. The van der Waals surface area contributed by atoms with Gasteiger partial charge in [-0.2, -0.15) is 5.53 Å². The summed E-state index contributed by atoms with van der Waals surface area (Å²) in [7, 11) is 0. The van der Waals surface area contributed by atoms with E-state index >= 15 is 0 Å². The Morgan fingerprint density at radius 2 is 2.27 bits per heavy atom. The van der Waals surface area contributed by atoms with E-state index in [0.29, 0.717) is 0 Å². The third-order valence-corrected chi connectivity index (χ3v) is 1.50. The van der Waals surface area contributed by atoms with Crippen LogP contribution in [-0.2, 0) is 0 Å². The van der Waals surface area contributed by atoms with Crippen molar-refractivity contribution in [3.8, 4) is 0 Å². The first kappa shape index (κ1) is 10.7. The average Bonchev–Trinajstić information content (AvgIpc) is 1.86. The van der Waals surface area contributed by atoms with Gasteiger partial charge in [0, 0.05) is 18.5 Å². The molecule has 0 aromatic heterocycles. The highest BCUT2D eigenvalue weighted by molar-refractivity contribution is 5.85. The molecular weight excluding hydrogens is 164 g/mol. The molecule has 0 saturated heterocycles. The smallest absolute Gasteiger partial charge is 0.100 e. The summed E-state index contributed by atoms with van der Waals surface area (Å²) in [4.78, 5) is 4.14. The molecule has 1 rings (SSSR count). The lowest BCUT2D eigenvalue weighted by Crippen LogP contribution is -2.49. The second kappa shape index (κ2) is 3.90. The lowest BCUT2D eigenvalue weighted by Gasteiger charge is -2.32. The lowest BCUT2D eigenvalue weighted by molar-refractivity contribution is 0.198. The highest BCUT2D eigenvalue weighted by Crippen LogP contribution is 2.18. The van der Waals surface area contributed by atoms with E-state index in [9.17, 15) is 0 Å². The van der Waals surface area contributed by atoms with Crippen molar-refractivity contribution in [2.24, 2.45) is 16.3 Å². The molecule has 1 heterocycles. The fourth-order valence-corrected chi connectivity index (χ4v) is 1.02. The predicted octanol–water partition coefficient (Wildman–Crippen LogP) is 0.157. The summed E-state index contributed by atoms with van der Waals surface area (Å²) in [5.41, 5.74) is 2.78. The fraction of sp³-hybridized carbons (Fsp3) is 0.833. The maximum absolute atomic E-state index is 5.21. The molecule has 5 heteroatoms. The first-order valence-electron chi connectivity index (χ1n) is 3.37. The van der Waals surface area contributed by atoms with E-state index < -0.39 is 0 Å². The van der Waals surface area contributed by atoms with Gasteiger partial charge in [0.05, 0.1) is 0 Å². The summed E-state index contributed by atoms with van der Waals surface area (Å²) in [6.07, 6.45) is 1.73. The maximum atomic E-state index is 5.21. The van der Waals surface area contributed by atoms with E-state index in [-0.39, 0.29) is 17.8 Å². The molecule has 0 fully saturated rings. The van der Waals surface area contributed by atoms with Gasteiger partial charge in [0.15, 0.2) is 0 Å². The normalized spacial score (nSPS) is 21.2. The van der Waals surface area contributed by atoms with Crippen molar-refractivity contribution >= 4 is 18.7 Å². The highest BCUT2D eigenvalue weighted by Gasteiger charge is 2.22. The van der Waals surface area contributed by atoms with Gasteiger partial charge in [-0.15, -0.1) is 12.4 Å². The van der Waals surface area contributed by atoms with Gasteiger partial charge >= 0.3 is 0 Å². The molecule has 0 radical (unpaired) electrons. The van der Waals surface area contributed by atoms with E-state index in [1.165, 1.54) is 0 Å². The Morgan fingerprint density at radius 3 is 2.64 bits per heavy atom. The van der Waals surface area contributed by atoms with Crippen molar-refractivity contribution in [2.45, 2.75) is 13.8 Å². The monoisotopic (exact) mass is 178 g/mol. The van der Waals surface area contributed by atoms with Crippen LogP contribution in [0.15, 0.2) is 4.99 Å².